The van der Waals surface area contributed by atoms with Gasteiger partial charge in [0.25, 0.3) is 23.3 Å². The molecule has 306 valence electrons. The van der Waals surface area contributed by atoms with Crippen molar-refractivity contribution in [2.75, 3.05) is 6.54 Å². The smallest absolute Gasteiger partial charge is 0.267 e. The molecule has 2 aromatic heterocycles. The van der Waals surface area contributed by atoms with E-state index in [1.54, 1.807) is 71.3 Å². The Kier molecular flexibility index (Phi) is 11.2. The molecule has 1 fully saturated rings. The number of carbonyl (C=O) groups is 4. The SMILES string of the molecule is C=C1NC(=O)CCC1N1C(=O)c2cccc(CCCCCCNC(=O)c3cc4c(=O)n(C)cc(-c5cc(C(C)(C)O)ccc5Oc5c(C)cc(F)cc5C)c4[nH]3)c2C1=O. The first kappa shape index (κ1) is 40.8. The molecule has 5 aromatic rings. The normalized spacial score (nSPS) is 15.5. The van der Waals surface area contributed by atoms with Gasteiger partial charge in [0.2, 0.25) is 5.91 Å². The lowest BCUT2D eigenvalue weighted by atomic mass is 9.93. The van der Waals surface area contributed by atoms with Gasteiger partial charge in [-0.3, -0.25) is 28.9 Å². The summed E-state index contributed by atoms with van der Waals surface area (Å²) in [7, 11) is 1.63. The molecule has 12 nitrogen and oxygen atoms in total. The van der Waals surface area contributed by atoms with E-state index in [0.29, 0.717) is 92.9 Å². The number of aryl methyl sites for hydroxylation is 4. The summed E-state index contributed by atoms with van der Waals surface area (Å²) < 4.78 is 22.0. The second-order valence-electron chi connectivity index (χ2n) is 16.0. The first-order valence-electron chi connectivity index (χ1n) is 19.8. The zero-order valence-corrected chi connectivity index (χ0v) is 33.9. The van der Waals surface area contributed by atoms with Crippen LogP contribution in [0.3, 0.4) is 0 Å². The van der Waals surface area contributed by atoms with E-state index in [1.165, 1.54) is 27.7 Å². The largest absolute Gasteiger partial charge is 0.456 e. The van der Waals surface area contributed by atoms with Crippen LogP contribution >= 0.6 is 0 Å². The molecule has 4 N–H and O–H groups in total. The van der Waals surface area contributed by atoms with E-state index in [1.807, 2.05) is 6.07 Å². The topological polar surface area (TPSA) is 163 Å². The predicted molar refractivity (Wildman–Crippen MR) is 222 cm³/mol. The van der Waals surface area contributed by atoms with Gasteiger partial charge in [-0.2, -0.15) is 0 Å². The maximum Gasteiger partial charge on any atom is 0.267 e. The second kappa shape index (κ2) is 16.1. The highest BCUT2D eigenvalue weighted by Crippen LogP contribution is 2.41. The molecule has 0 radical (unpaired) electrons. The predicted octanol–water partition coefficient (Wildman–Crippen LogP) is 7.23. The van der Waals surface area contributed by atoms with Crippen molar-refractivity contribution < 1.29 is 33.4 Å². The number of halogens is 1. The van der Waals surface area contributed by atoms with E-state index in [2.05, 4.69) is 22.2 Å². The first-order valence-corrected chi connectivity index (χ1v) is 19.8. The van der Waals surface area contributed by atoms with Crippen LogP contribution in [-0.2, 0) is 23.9 Å². The molecule has 0 spiro atoms. The first-order chi connectivity index (χ1) is 28.0. The van der Waals surface area contributed by atoms with Gasteiger partial charge in [0.15, 0.2) is 0 Å². The number of rotatable bonds is 13. The number of pyridine rings is 1. The number of hydrogen-bond acceptors (Lipinski definition) is 7. The molecule has 0 bridgehead atoms. The number of amides is 4. The molecular weight excluding hydrogens is 754 g/mol. The van der Waals surface area contributed by atoms with E-state index in [0.717, 1.165) is 24.8 Å². The third-order valence-corrected chi connectivity index (χ3v) is 11.2. The molecule has 0 saturated carbocycles. The number of fused-ring (bicyclic) bond motifs is 2. The van der Waals surface area contributed by atoms with Crippen molar-refractivity contribution in [1.82, 2.24) is 25.1 Å². The number of nitrogens with one attached hydrogen (secondary N) is 3. The van der Waals surface area contributed by atoms with Crippen LogP contribution in [0.15, 0.2) is 77.9 Å². The summed E-state index contributed by atoms with van der Waals surface area (Å²) in [6.07, 6.45) is 5.91. The number of imide groups is 1. The Morgan fingerprint density at radius 2 is 1.69 bits per heavy atom. The Balaban J connectivity index is 1.01. The van der Waals surface area contributed by atoms with E-state index in [9.17, 15) is 33.5 Å². The van der Waals surface area contributed by atoms with E-state index in [-0.39, 0.29) is 47.1 Å². The van der Waals surface area contributed by atoms with Crippen molar-refractivity contribution in [2.24, 2.45) is 7.05 Å². The van der Waals surface area contributed by atoms with E-state index >= 15 is 0 Å². The van der Waals surface area contributed by atoms with Gasteiger partial charge in [-0.15, -0.1) is 0 Å². The van der Waals surface area contributed by atoms with Crippen molar-refractivity contribution in [3.05, 3.63) is 128 Å². The fourth-order valence-corrected chi connectivity index (χ4v) is 8.06. The fraction of sp³-hybridized carbons (Fsp3) is 0.326. The Bertz CT molecular complexity index is 2590. The van der Waals surface area contributed by atoms with Gasteiger partial charge in [-0.05, 0) is 112 Å². The lowest BCUT2D eigenvalue weighted by Crippen LogP contribution is -2.48. The van der Waals surface area contributed by atoms with Gasteiger partial charge in [-0.1, -0.05) is 37.6 Å². The zero-order valence-electron chi connectivity index (χ0n) is 33.9. The summed E-state index contributed by atoms with van der Waals surface area (Å²) in [6, 6.07) is 14.3. The highest BCUT2D eigenvalue weighted by Gasteiger charge is 2.43. The number of carbonyl (C=O) groups excluding carboxylic acids is 4. The molecule has 1 atom stereocenters. The summed E-state index contributed by atoms with van der Waals surface area (Å²) >= 11 is 0. The number of nitrogens with zero attached hydrogens (tertiary/aromatic N) is 2. The van der Waals surface area contributed by atoms with Crippen molar-refractivity contribution in [1.29, 1.82) is 0 Å². The zero-order chi connectivity index (χ0) is 42.3. The van der Waals surface area contributed by atoms with Crippen LogP contribution in [0.5, 0.6) is 11.5 Å². The van der Waals surface area contributed by atoms with Crippen LogP contribution < -0.4 is 20.9 Å². The number of piperidine rings is 1. The third-order valence-electron chi connectivity index (χ3n) is 11.2. The van der Waals surface area contributed by atoms with Crippen molar-refractivity contribution in [2.45, 2.75) is 84.3 Å². The maximum absolute atomic E-state index is 14.2. The molecule has 3 aromatic carbocycles. The van der Waals surface area contributed by atoms with Crippen LogP contribution in [0.4, 0.5) is 4.39 Å². The lowest BCUT2D eigenvalue weighted by molar-refractivity contribution is -0.121. The van der Waals surface area contributed by atoms with Gasteiger partial charge < -0.3 is 30.0 Å². The number of aromatic amines is 1. The Hall–Kier alpha value is -6.34. The van der Waals surface area contributed by atoms with Crippen molar-refractivity contribution in [3.63, 3.8) is 0 Å². The average Bonchev–Trinajstić information content (AvgIpc) is 3.73. The average molecular weight is 802 g/mol. The molecule has 4 amide bonds. The minimum absolute atomic E-state index is 0.176. The number of H-pyrrole nitrogens is 1. The molecule has 1 unspecified atom stereocenters. The minimum atomic E-state index is -1.20. The minimum Gasteiger partial charge on any atom is -0.456 e. The second-order valence-corrected chi connectivity index (χ2v) is 16.0. The number of aliphatic hydroxyl groups is 1. The number of hydrogen-bond donors (Lipinski definition) is 4. The molecular formula is C46H48FN5O7. The molecule has 2 aliphatic rings. The number of ether oxygens (including phenoxy) is 1. The maximum atomic E-state index is 14.2. The number of unbranched alkanes of at least 4 members (excludes halogenated alkanes) is 3. The van der Waals surface area contributed by atoms with Crippen LogP contribution in [0.2, 0.25) is 0 Å². The highest BCUT2D eigenvalue weighted by molar-refractivity contribution is 6.22. The summed E-state index contributed by atoms with van der Waals surface area (Å²) in [4.78, 5) is 69.8. The summed E-state index contributed by atoms with van der Waals surface area (Å²) in [5.74, 6) is -0.762. The molecule has 0 aliphatic carbocycles. The quantitative estimate of drug-likeness (QED) is 0.0721. The number of aromatic nitrogens is 2. The van der Waals surface area contributed by atoms with Gasteiger partial charge in [0, 0.05) is 43.0 Å². The Labute approximate surface area is 341 Å². The molecule has 59 heavy (non-hydrogen) atoms. The summed E-state index contributed by atoms with van der Waals surface area (Å²) in [6.45, 7) is 11.1. The molecule has 1 saturated heterocycles. The van der Waals surface area contributed by atoms with E-state index in [4.69, 9.17) is 4.74 Å². The Morgan fingerprint density at radius 1 is 0.966 bits per heavy atom. The van der Waals surface area contributed by atoms with Crippen LogP contribution in [0.25, 0.3) is 22.0 Å². The third kappa shape index (κ3) is 8.07. The van der Waals surface area contributed by atoms with Gasteiger partial charge in [0.1, 0.15) is 23.0 Å². The standard InChI is InChI=1S/C46H48FN5O7/c1-25-20-30(47)21-26(2)41(25)59-37-17-15-29(46(4,5)58)22-32(37)34-24-51(6)43(55)33-23-35(50-40(33)34)42(54)48-19-10-8-7-9-12-28-13-11-14-31-39(28)45(57)52(44(31)56)36-16-18-38(53)49-27(36)3/h11,13-15,17,20-24,36,50,58H,3,7-10,12,16,18-19H2,1-2,4-6H3,(H,48,54)(H,49,53). The monoisotopic (exact) mass is 801 g/mol. The van der Waals surface area contributed by atoms with Crippen molar-refractivity contribution in [3.8, 4) is 22.6 Å². The van der Waals surface area contributed by atoms with Gasteiger partial charge in [-0.25, -0.2) is 4.39 Å². The molecule has 4 heterocycles. The van der Waals surface area contributed by atoms with Crippen LogP contribution in [0, 0.1) is 19.7 Å². The summed E-state index contributed by atoms with van der Waals surface area (Å²) in [5.41, 5.74) is 3.99. The number of benzene rings is 3. The van der Waals surface area contributed by atoms with Crippen LogP contribution in [-0.4, -0.2) is 55.8 Å². The summed E-state index contributed by atoms with van der Waals surface area (Å²) in [5, 5.41) is 16.8. The molecule has 13 heteroatoms. The Morgan fingerprint density at radius 3 is 2.41 bits per heavy atom. The highest BCUT2D eigenvalue weighted by atomic mass is 19.1. The molecule has 2 aliphatic heterocycles. The molecule has 7 rings (SSSR count). The lowest BCUT2D eigenvalue weighted by Gasteiger charge is -2.31. The fourth-order valence-electron chi connectivity index (χ4n) is 8.06. The van der Waals surface area contributed by atoms with Crippen molar-refractivity contribution >= 4 is 34.5 Å². The van der Waals surface area contributed by atoms with Gasteiger partial charge in [0.05, 0.1) is 33.7 Å². The van der Waals surface area contributed by atoms with E-state index < -0.39 is 11.6 Å². The van der Waals surface area contributed by atoms with Crippen LogP contribution in [0.1, 0.15) is 106 Å². The van der Waals surface area contributed by atoms with Gasteiger partial charge >= 0.3 is 0 Å².